The Morgan fingerprint density at radius 2 is 2.07 bits per heavy atom. The van der Waals surface area contributed by atoms with E-state index in [2.05, 4.69) is 10.3 Å². The molecule has 0 fully saturated rings. The smallest absolute Gasteiger partial charge is 0.259 e. The van der Waals surface area contributed by atoms with Crippen molar-refractivity contribution in [2.75, 3.05) is 0 Å². The standard InChI is InChI=1S/C8H6Cl2N2O2/c1-4(13)12-8(14)5-2-7(10)11-3-6(5)9/h2-3H,1H3,(H,12,13,14). The first kappa shape index (κ1) is 10.9. The van der Waals surface area contributed by atoms with Crippen LogP contribution in [0.2, 0.25) is 10.2 Å². The number of halogens is 2. The molecule has 74 valence electrons. The molecule has 6 heteroatoms. The normalized spacial score (nSPS) is 9.64. The summed E-state index contributed by atoms with van der Waals surface area (Å²) < 4.78 is 0. The highest BCUT2D eigenvalue weighted by atomic mass is 35.5. The molecule has 1 N–H and O–H groups in total. The second kappa shape index (κ2) is 4.39. The molecule has 1 rings (SSSR count). The van der Waals surface area contributed by atoms with Gasteiger partial charge in [0.25, 0.3) is 5.91 Å². The quantitative estimate of drug-likeness (QED) is 0.750. The molecule has 1 heterocycles. The van der Waals surface area contributed by atoms with Crippen molar-refractivity contribution in [1.29, 1.82) is 0 Å². The Labute approximate surface area is 90.2 Å². The van der Waals surface area contributed by atoms with Crippen LogP contribution in [0, 0.1) is 0 Å². The third-order valence-corrected chi connectivity index (χ3v) is 1.86. The minimum Gasteiger partial charge on any atom is -0.293 e. The summed E-state index contributed by atoms with van der Waals surface area (Å²) in [5.41, 5.74) is 0.127. The number of nitrogens with zero attached hydrogens (tertiary/aromatic N) is 1. The molecular formula is C8H6Cl2N2O2. The minimum absolute atomic E-state index is 0.127. The van der Waals surface area contributed by atoms with Crippen LogP contribution in [-0.2, 0) is 4.79 Å². The maximum Gasteiger partial charge on any atom is 0.259 e. The molecule has 0 unspecified atom stereocenters. The molecule has 0 spiro atoms. The summed E-state index contributed by atoms with van der Waals surface area (Å²) in [4.78, 5) is 25.6. The highest BCUT2D eigenvalue weighted by Crippen LogP contribution is 2.17. The maximum atomic E-state index is 11.3. The first-order valence-electron chi connectivity index (χ1n) is 3.63. The summed E-state index contributed by atoms with van der Waals surface area (Å²) >= 11 is 11.2. The average Bonchev–Trinajstić information content (AvgIpc) is 2.08. The lowest BCUT2D eigenvalue weighted by molar-refractivity contribution is -0.118. The number of rotatable bonds is 1. The summed E-state index contributed by atoms with van der Waals surface area (Å²) in [5.74, 6) is -1.05. The zero-order chi connectivity index (χ0) is 10.7. The number of carbonyl (C=O) groups is 2. The van der Waals surface area contributed by atoms with Gasteiger partial charge in [0, 0.05) is 13.1 Å². The summed E-state index contributed by atoms with van der Waals surface area (Å²) in [6, 6.07) is 1.29. The van der Waals surface area contributed by atoms with E-state index in [4.69, 9.17) is 23.2 Å². The van der Waals surface area contributed by atoms with E-state index in [0.717, 1.165) is 0 Å². The highest BCUT2D eigenvalue weighted by Gasteiger charge is 2.12. The van der Waals surface area contributed by atoms with Gasteiger partial charge in [-0.2, -0.15) is 0 Å². The van der Waals surface area contributed by atoms with Gasteiger partial charge in [-0.15, -0.1) is 0 Å². The molecule has 4 nitrogen and oxygen atoms in total. The molecule has 14 heavy (non-hydrogen) atoms. The van der Waals surface area contributed by atoms with Crippen LogP contribution in [-0.4, -0.2) is 16.8 Å². The van der Waals surface area contributed by atoms with E-state index in [1.807, 2.05) is 0 Å². The van der Waals surface area contributed by atoms with Gasteiger partial charge in [0.15, 0.2) is 0 Å². The third kappa shape index (κ3) is 2.68. The molecule has 0 aromatic carbocycles. The number of aromatic nitrogens is 1. The first-order valence-corrected chi connectivity index (χ1v) is 4.39. The number of hydrogen-bond acceptors (Lipinski definition) is 3. The fourth-order valence-electron chi connectivity index (χ4n) is 0.814. The Kier molecular flexibility index (Phi) is 3.43. The molecule has 0 saturated carbocycles. The van der Waals surface area contributed by atoms with Crippen molar-refractivity contribution in [3.63, 3.8) is 0 Å². The number of hydrogen-bond donors (Lipinski definition) is 1. The van der Waals surface area contributed by atoms with E-state index < -0.39 is 11.8 Å². The van der Waals surface area contributed by atoms with Crippen molar-refractivity contribution < 1.29 is 9.59 Å². The number of nitrogens with one attached hydrogen (secondary N) is 1. The molecular weight excluding hydrogens is 227 g/mol. The van der Waals surface area contributed by atoms with Crippen molar-refractivity contribution in [3.05, 3.63) is 28.0 Å². The lowest BCUT2D eigenvalue weighted by atomic mass is 10.2. The third-order valence-electron chi connectivity index (χ3n) is 1.36. The molecule has 0 aliphatic heterocycles. The predicted octanol–water partition coefficient (Wildman–Crippen LogP) is 1.66. The van der Waals surface area contributed by atoms with Gasteiger partial charge in [0.1, 0.15) is 5.15 Å². The van der Waals surface area contributed by atoms with Gasteiger partial charge in [-0.3, -0.25) is 14.9 Å². The van der Waals surface area contributed by atoms with Crippen molar-refractivity contribution >= 4 is 35.0 Å². The Balaban J connectivity index is 3.00. The van der Waals surface area contributed by atoms with Gasteiger partial charge in [-0.05, 0) is 6.07 Å². The van der Waals surface area contributed by atoms with Crippen LogP contribution in [0.4, 0.5) is 0 Å². The number of pyridine rings is 1. The van der Waals surface area contributed by atoms with E-state index in [1.165, 1.54) is 19.2 Å². The van der Waals surface area contributed by atoms with Crippen LogP contribution in [0.1, 0.15) is 17.3 Å². The van der Waals surface area contributed by atoms with Crippen molar-refractivity contribution in [2.24, 2.45) is 0 Å². The molecule has 0 radical (unpaired) electrons. The summed E-state index contributed by atoms with van der Waals surface area (Å²) in [6.45, 7) is 1.23. The second-order valence-corrected chi connectivity index (χ2v) is 3.29. The molecule has 1 aromatic rings. The zero-order valence-electron chi connectivity index (χ0n) is 7.17. The van der Waals surface area contributed by atoms with Crippen molar-refractivity contribution in [2.45, 2.75) is 6.92 Å². The Bertz CT molecular complexity index is 393. The number of imide groups is 1. The van der Waals surface area contributed by atoms with E-state index >= 15 is 0 Å². The summed E-state index contributed by atoms with van der Waals surface area (Å²) in [5, 5.41) is 2.37. The van der Waals surface area contributed by atoms with Crippen LogP contribution in [0.5, 0.6) is 0 Å². The summed E-state index contributed by atoms with van der Waals surface area (Å²) in [7, 11) is 0. The minimum atomic E-state index is -0.591. The number of amides is 2. The summed E-state index contributed by atoms with van der Waals surface area (Å²) in [6.07, 6.45) is 1.25. The van der Waals surface area contributed by atoms with Gasteiger partial charge >= 0.3 is 0 Å². The van der Waals surface area contributed by atoms with Crippen LogP contribution in [0.15, 0.2) is 12.3 Å². The SMILES string of the molecule is CC(=O)NC(=O)c1cc(Cl)ncc1Cl. The fourth-order valence-corrected chi connectivity index (χ4v) is 1.16. The lowest BCUT2D eigenvalue weighted by Gasteiger charge is -2.02. The van der Waals surface area contributed by atoms with E-state index in [9.17, 15) is 9.59 Å². The van der Waals surface area contributed by atoms with Gasteiger partial charge in [-0.25, -0.2) is 4.98 Å². The van der Waals surface area contributed by atoms with Gasteiger partial charge in [-0.1, -0.05) is 23.2 Å². The maximum absolute atomic E-state index is 11.3. The van der Waals surface area contributed by atoms with E-state index in [1.54, 1.807) is 0 Å². The molecule has 2 amide bonds. The Morgan fingerprint density at radius 1 is 1.43 bits per heavy atom. The highest BCUT2D eigenvalue weighted by molar-refractivity contribution is 6.35. The molecule has 0 bridgehead atoms. The van der Waals surface area contributed by atoms with Gasteiger partial charge in [0.05, 0.1) is 10.6 Å². The van der Waals surface area contributed by atoms with E-state index in [-0.39, 0.29) is 15.7 Å². The second-order valence-electron chi connectivity index (χ2n) is 2.50. The van der Waals surface area contributed by atoms with Crippen LogP contribution < -0.4 is 5.32 Å². The van der Waals surface area contributed by atoms with Crippen molar-refractivity contribution in [3.8, 4) is 0 Å². The molecule has 0 atom stereocenters. The molecule has 0 saturated heterocycles. The average molecular weight is 233 g/mol. The Hall–Kier alpha value is -1.13. The monoisotopic (exact) mass is 232 g/mol. The lowest BCUT2D eigenvalue weighted by Crippen LogP contribution is -2.28. The van der Waals surface area contributed by atoms with Crippen molar-refractivity contribution in [1.82, 2.24) is 10.3 Å². The largest absolute Gasteiger partial charge is 0.293 e. The molecule has 0 aliphatic rings. The molecule has 0 aliphatic carbocycles. The zero-order valence-corrected chi connectivity index (χ0v) is 8.69. The molecule has 1 aromatic heterocycles. The van der Waals surface area contributed by atoms with Crippen LogP contribution in [0.25, 0.3) is 0 Å². The number of carbonyl (C=O) groups excluding carboxylic acids is 2. The van der Waals surface area contributed by atoms with Gasteiger partial charge < -0.3 is 0 Å². The van der Waals surface area contributed by atoms with Crippen LogP contribution in [0.3, 0.4) is 0 Å². The first-order chi connectivity index (χ1) is 6.50. The predicted molar refractivity (Wildman–Crippen MR) is 52.4 cm³/mol. The van der Waals surface area contributed by atoms with Gasteiger partial charge in [0.2, 0.25) is 5.91 Å². The van der Waals surface area contributed by atoms with E-state index in [0.29, 0.717) is 0 Å². The fraction of sp³-hybridized carbons (Fsp3) is 0.125. The topological polar surface area (TPSA) is 59.1 Å². The Morgan fingerprint density at radius 3 is 2.64 bits per heavy atom. The van der Waals surface area contributed by atoms with Crippen LogP contribution >= 0.6 is 23.2 Å².